The van der Waals surface area contributed by atoms with E-state index in [1.807, 2.05) is 6.07 Å². The minimum Gasteiger partial charge on any atom is -0.370 e. The summed E-state index contributed by atoms with van der Waals surface area (Å²) in [4.78, 5) is 2.18. The zero-order chi connectivity index (χ0) is 13.3. The number of anilines is 1. The van der Waals surface area contributed by atoms with Gasteiger partial charge in [-0.15, -0.1) is 0 Å². The Balaban J connectivity index is 1.78. The van der Waals surface area contributed by atoms with Gasteiger partial charge < -0.3 is 14.4 Å². The molecular weight excluding hydrogens is 264 g/mol. The average Bonchev–Trinajstić information content (AvgIpc) is 2.88. The van der Waals surface area contributed by atoms with Gasteiger partial charge in [0.05, 0.1) is 24.5 Å². The van der Waals surface area contributed by atoms with Gasteiger partial charge in [0, 0.05) is 31.0 Å². The van der Waals surface area contributed by atoms with Crippen molar-refractivity contribution >= 4 is 17.3 Å². The number of halogens is 1. The summed E-state index contributed by atoms with van der Waals surface area (Å²) in [7, 11) is 0. The molecule has 0 saturated carbocycles. The lowest BCUT2D eigenvalue weighted by atomic mass is 10.0. The third-order valence-electron chi connectivity index (χ3n) is 3.76. The molecule has 2 aliphatic rings. The number of benzene rings is 1. The van der Waals surface area contributed by atoms with Crippen LogP contribution in [0.2, 0.25) is 5.02 Å². The van der Waals surface area contributed by atoms with Crippen molar-refractivity contribution in [1.82, 2.24) is 0 Å². The molecule has 1 aromatic rings. The predicted molar refractivity (Wildman–Crippen MR) is 72.2 cm³/mol. The first-order valence-corrected chi connectivity index (χ1v) is 6.83. The number of ether oxygens (including phenoxy) is 2. The van der Waals surface area contributed by atoms with Crippen molar-refractivity contribution in [1.29, 1.82) is 5.26 Å². The van der Waals surface area contributed by atoms with E-state index in [0.717, 1.165) is 31.6 Å². The van der Waals surface area contributed by atoms with E-state index in [1.54, 1.807) is 12.1 Å². The Labute approximate surface area is 117 Å². The lowest BCUT2D eigenvalue weighted by Gasteiger charge is -2.39. The lowest BCUT2D eigenvalue weighted by Crippen LogP contribution is -2.45. The highest BCUT2D eigenvalue weighted by Gasteiger charge is 2.40. The second kappa shape index (κ2) is 5.01. The Morgan fingerprint density at radius 2 is 1.89 bits per heavy atom. The van der Waals surface area contributed by atoms with E-state index < -0.39 is 0 Å². The first-order valence-electron chi connectivity index (χ1n) is 6.45. The Bertz CT molecular complexity index is 511. The van der Waals surface area contributed by atoms with Gasteiger partial charge in [0.25, 0.3) is 0 Å². The van der Waals surface area contributed by atoms with Gasteiger partial charge in [-0.2, -0.15) is 5.26 Å². The number of piperidine rings is 1. The highest BCUT2D eigenvalue weighted by atomic mass is 35.5. The minimum atomic E-state index is -0.387. The summed E-state index contributed by atoms with van der Waals surface area (Å²) in [6.07, 6.45) is 1.65. The summed E-state index contributed by atoms with van der Waals surface area (Å²) in [6.45, 7) is 2.99. The van der Waals surface area contributed by atoms with Crippen LogP contribution in [0.3, 0.4) is 0 Å². The summed E-state index contributed by atoms with van der Waals surface area (Å²) in [5.74, 6) is -0.387. The Hall–Kier alpha value is -1.28. The maximum Gasteiger partial charge on any atom is 0.171 e. The van der Waals surface area contributed by atoms with Crippen molar-refractivity contribution in [2.75, 3.05) is 31.2 Å². The maximum atomic E-state index is 9.18. The molecule has 1 aromatic carbocycles. The second-order valence-electron chi connectivity index (χ2n) is 4.87. The number of rotatable bonds is 1. The molecule has 19 heavy (non-hydrogen) atoms. The molecule has 1 spiro atoms. The molecule has 5 heteroatoms. The van der Waals surface area contributed by atoms with Gasteiger partial charge in [-0.25, -0.2) is 0 Å². The molecule has 0 amide bonds. The summed E-state index contributed by atoms with van der Waals surface area (Å²) in [5.41, 5.74) is 1.57. The fourth-order valence-corrected chi connectivity index (χ4v) is 2.90. The fourth-order valence-electron chi connectivity index (χ4n) is 2.73. The molecule has 2 saturated heterocycles. The molecule has 2 heterocycles. The van der Waals surface area contributed by atoms with Gasteiger partial charge in [-0.3, -0.25) is 0 Å². The van der Waals surface area contributed by atoms with Crippen LogP contribution in [0.5, 0.6) is 0 Å². The van der Waals surface area contributed by atoms with Gasteiger partial charge in [0.2, 0.25) is 0 Å². The first-order chi connectivity index (χ1) is 9.22. The largest absolute Gasteiger partial charge is 0.370 e. The molecule has 2 aliphatic heterocycles. The van der Waals surface area contributed by atoms with E-state index in [9.17, 15) is 5.26 Å². The van der Waals surface area contributed by atoms with Crippen molar-refractivity contribution in [2.24, 2.45) is 0 Å². The molecule has 0 aliphatic carbocycles. The SMILES string of the molecule is N#Cc1ccc(Cl)cc1N1CCC2(CC1)OCCO2. The minimum absolute atomic E-state index is 0.387. The topological polar surface area (TPSA) is 45.5 Å². The van der Waals surface area contributed by atoms with Crippen molar-refractivity contribution in [2.45, 2.75) is 18.6 Å². The van der Waals surface area contributed by atoms with Gasteiger partial charge in [0.15, 0.2) is 5.79 Å². The van der Waals surface area contributed by atoms with Crippen molar-refractivity contribution in [3.05, 3.63) is 28.8 Å². The summed E-state index contributed by atoms with van der Waals surface area (Å²) < 4.78 is 11.4. The number of hydrogen-bond acceptors (Lipinski definition) is 4. The zero-order valence-corrected chi connectivity index (χ0v) is 11.3. The smallest absolute Gasteiger partial charge is 0.171 e. The van der Waals surface area contributed by atoms with E-state index in [1.165, 1.54) is 0 Å². The van der Waals surface area contributed by atoms with Crippen LogP contribution in [-0.4, -0.2) is 32.1 Å². The molecule has 0 unspecified atom stereocenters. The molecule has 4 nitrogen and oxygen atoms in total. The van der Waals surface area contributed by atoms with Gasteiger partial charge in [-0.05, 0) is 18.2 Å². The summed E-state index contributed by atoms with van der Waals surface area (Å²) in [5, 5.41) is 9.83. The van der Waals surface area contributed by atoms with E-state index in [4.69, 9.17) is 21.1 Å². The maximum absolute atomic E-state index is 9.18. The summed E-state index contributed by atoms with van der Waals surface area (Å²) in [6, 6.07) is 7.59. The highest BCUT2D eigenvalue weighted by molar-refractivity contribution is 6.30. The standard InChI is InChI=1S/C14H15ClN2O2/c15-12-2-1-11(10-16)13(9-12)17-5-3-14(4-6-17)18-7-8-19-14/h1-2,9H,3-8H2. The molecule has 2 fully saturated rings. The fraction of sp³-hybridized carbons (Fsp3) is 0.500. The molecule has 0 atom stereocenters. The van der Waals surface area contributed by atoms with Gasteiger partial charge in [0.1, 0.15) is 6.07 Å². The second-order valence-corrected chi connectivity index (χ2v) is 5.30. The third kappa shape index (κ3) is 2.42. The first kappa shape index (κ1) is 12.7. The normalized spacial score (nSPS) is 21.6. The van der Waals surface area contributed by atoms with Crippen LogP contribution < -0.4 is 4.90 Å². The van der Waals surface area contributed by atoms with Crippen LogP contribution in [0.4, 0.5) is 5.69 Å². The molecule has 0 radical (unpaired) electrons. The van der Waals surface area contributed by atoms with E-state index in [0.29, 0.717) is 23.8 Å². The predicted octanol–water partition coefficient (Wildman–Crippen LogP) is 2.55. The Morgan fingerprint density at radius 3 is 2.53 bits per heavy atom. The highest BCUT2D eigenvalue weighted by Crippen LogP contribution is 2.34. The average molecular weight is 279 g/mol. The quantitative estimate of drug-likeness (QED) is 0.792. The van der Waals surface area contributed by atoms with Crippen molar-refractivity contribution in [3.63, 3.8) is 0 Å². The van der Waals surface area contributed by atoms with E-state index in [-0.39, 0.29) is 5.79 Å². The molecule has 0 N–H and O–H groups in total. The lowest BCUT2D eigenvalue weighted by molar-refractivity contribution is -0.169. The van der Waals surface area contributed by atoms with E-state index >= 15 is 0 Å². The Morgan fingerprint density at radius 1 is 1.21 bits per heavy atom. The number of nitriles is 1. The van der Waals surface area contributed by atoms with Crippen LogP contribution in [-0.2, 0) is 9.47 Å². The van der Waals surface area contributed by atoms with Gasteiger partial charge >= 0.3 is 0 Å². The zero-order valence-electron chi connectivity index (χ0n) is 10.6. The van der Waals surface area contributed by atoms with Crippen LogP contribution in [0.1, 0.15) is 18.4 Å². The molecule has 3 rings (SSSR count). The Kier molecular flexibility index (Phi) is 3.36. The van der Waals surface area contributed by atoms with Crippen LogP contribution in [0, 0.1) is 11.3 Å². The third-order valence-corrected chi connectivity index (χ3v) is 3.99. The summed E-state index contributed by atoms with van der Waals surface area (Å²) >= 11 is 6.03. The monoisotopic (exact) mass is 278 g/mol. The van der Waals surface area contributed by atoms with Crippen molar-refractivity contribution in [3.8, 4) is 6.07 Å². The van der Waals surface area contributed by atoms with Crippen LogP contribution >= 0.6 is 11.6 Å². The van der Waals surface area contributed by atoms with Crippen molar-refractivity contribution < 1.29 is 9.47 Å². The number of nitrogens with zero attached hydrogens (tertiary/aromatic N) is 2. The van der Waals surface area contributed by atoms with Gasteiger partial charge in [-0.1, -0.05) is 11.6 Å². The number of hydrogen-bond donors (Lipinski definition) is 0. The molecule has 0 bridgehead atoms. The van der Waals surface area contributed by atoms with E-state index in [2.05, 4.69) is 11.0 Å². The van der Waals surface area contributed by atoms with Crippen LogP contribution in [0.25, 0.3) is 0 Å². The molecule has 100 valence electrons. The van der Waals surface area contributed by atoms with Crippen LogP contribution in [0.15, 0.2) is 18.2 Å². The molecular formula is C14H15ClN2O2. The molecule has 0 aromatic heterocycles.